The number of benzene rings is 2. The summed E-state index contributed by atoms with van der Waals surface area (Å²) < 4.78 is 29.8. The van der Waals surface area contributed by atoms with Crippen molar-refractivity contribution in [1.82, 2.24) is 4.98 Å². The highest BCUT2D eigenvalue weighted by molar-refractivity contribution is 6.41. The number of esters is 1. The molecule has 2 aromatic carbocycles. The Hall–Kier alpha value is -3.42. The average molecular weight is 446 g/mol. The predicted octanol–water partition coefficient (Wildman–Crippen LogP) is 5.65. The van der Waals surface area contributed by atoms with Crippen LogP contribution in [0.3, 0.4) is 0 Å². The first-order valence-corrected chi connectivity index (χ1v) is 9.19. The smallest absolute Gasteiger partial charge is 0.345 e. The zero-order chi connectivity index (χ0) is 21.3. The third kappa shape index (κ3) is 3.98. The van der Waals surface area contributed by atoms with Crippen LogP contribution in [0, 0.1) is 5.82 Å². The molecule has 2 heterocycles. The van der Waals surface area contributed by atoms with E-state index in [2.05, 4.69) is 4.98 Å². The Morgan fingerprint density at radius 1 is 1.07 bits per heavy atom. The lowest BCUT2D eigenvalue weighted by atomic mass is 10.2. The molecule has 0 fully saturated rings. The molecule has 6 nitrogen and oxygen atoms in total. The lowest BCUT2D eigenvalue weighted by Gasteiger charge is -2.08. The van der Waals surface area contributed by atoms with Crippen LogP contribution in [0.4, 0.5) is 4.39 Å². The van der Waals surface area contributed by atoms with Gasteiger partial charge in [0.05, 0.1) is 16.0 Å². The molecular formula is C21H10Cl2FNO5. The summed E-state index contributed by atoms with van der Waals surface area (Å²) in [6.07, 6.45) is 2.29. The van der Waals surface area contributed by atoms with E-state index in [1.165, 1.54) is 48.7 Å². The maximum Gasteiger partial charge on any atom is 0.345 e. The highest BCUT2D eigenvalue weighted by atomic mass is 35.5. The predicted molar refractivity (Wildman–Crippen MR) is 108 cm³/mol. The fourth-order valence-corrected chi connectivity index (χ4v) is 2.84. The van der Waals surface area contributed by atoms with Crippen LogP contribution in [0.1, 0.15) is 10.4 Å². The second-order valence-corrected chi connectivity index (χ2v) is 6.77. The van der Waals surface area contributed by atoms with E-state index in [4.69, 9.17) is 37.1 Å². The molecule has 0 bridgehead atoms. The van der Waals surface area contributed by atoms with E-state index in [9.17, 15) is 14.0 Å². The van der Waals surface area contributed by atoms with Gasteiger partial charge in [0.2, 0.25) is 11.2 Å². The molecule has 0 aliphatic carbocycles. The SMILES string of the molecule is O=C(Oc1ccc2c(=O)c(Oc3ccccc3F)coc2c1)c1cnc(Cl)c(Cl)c1. The number of fused-ring (bicyclic) bond motifs is 1. The maximum absolute atomic E-state index is 13.8. The van der Waals surface area contributed by atoms with Gasteiger partial charge in [0.25, 0.3) is 0 Å². The lowest BCUT2D eigenvalue weighted by Crippen LogP contribution is -2.09. The molecule has 30 heavy (non-hydrogen) atoms. The molecule has 9 heteroatoms. The van der Waals surface area contributed by atoms with Crippen LogP contribution in [0.2, 0.25) is 10.2 Å². The zero-order valence-corrected chi connectivity index (χ0v) is 16.4. The van der Waals surface area contributed by atoms with Crippen molar-refractivity contribution in [3.05, 3.63) is 92.8 Å². The van der Waals surface area contributed by atoms with E-state index in [1.807, 2.05) is 0 Å². The molecule has 0 aliphatic heterocycles. The fourth-order valence-electron chi connectivity index (χ4n) is 2.57. The van der Waals surface area contributed by atoms with Crippen molar-refractivity contribution in [2.75, 3.05) is 0 Å². The molecule has 4 aromatic rings. The standard InChI is InChI=1S/C21H10Cl2FNO5/c22-14-7-11(9-25-20(14)23)21(27)29-12-5-6-13-17(8-12)28-10-18(19(13)26)30-16-4-2-1-3-15(16)24/h1-10H. The van der Waals surface area contributed by atoms with Crippen LogP contribution >= 0.6 is 23.2 Å². The number of aromatic nitrogens is 1. The maximum atomic E-state index is 13.8. The van der Waals surface area contributed by atoms with Crippen molar-refractivity contribution in [2.24, 2.45) is 0 Å². The molecule has 0 unspecified atom stereocenters. The van der Waals surface area contributed by atoms with E-state index < -0.39 is 17.2 Å². The number of rotatable bonds is 4. The summed E-state index contributed by atoms with van der Waals surface area (Å²) in [7, 11) is 0. The second-order valence-electron chi connectivity index (χ2n) is 6.01. The Morgan fingerprint density at radius 3 is 2.63 bits per heavy atom. The Balaban J connectivity index is 1.60. The molecule has 0 saturated heterocycles. The van der Waals surface area contributed by atoms with Gasteiger partial charge in [-0.2, -0.15) is 0 Å². The summed E-state index contributed by atoms with van der Waals surface area (Å²) in [6.45, 7) is 0. The number of hydrogen-bond donors (Lipinski definition) is 0. The summed E-state index contributed by atoms with van der Waals surface area (Å²) >= 11 is 11.6. The quantitative estimate of drug-likeness (QED) is 0.229. The number of halogens is 3. The molecule has 0 amide bonds. The number of nitrogens with zero attached hydrogens (tertiary/aromatic N) is 1. The van der Waals surface area contributed by atoms with Gasteiger partial charge >= 0.3 is 5.97 Å². The lowest BCUT2D eigenvalue weighted by molar-refractivity contribution is 0.0734. The number of carbonyl (C=O) groups excluding carboxylic acids is 1. The van der Waals surface area contributed by atoms with Crippen LogP contribution in [0.5, 0.6) is 17.2 Å². The molecule has 150 valence electrons. The molecule has 0 N–H and O–H groups in total. The second kappa shape index (κ2) is 8.14. The molecule has 0 radical (unpaired) electrons. The third-order valence-electron chi connectivity index (χ3n) is 4.01. The fraction of sp³-hybridized carbons (Fsp3) is 0. The van der Waals surface area contributed by atoms with Crippen molar-refractivity contribution >= 4 is 40.1 Å². The summed E-state index contributed by atoms with van der Waals surface area (Å²) in [6, 6.07) is 11.2. The Labute approximate surface area is 178 Å². The van der Waals surface area contributed by atoms with E-state index in [0.717, 1.165) is 6.26 Å². The molecular weight excluding hydrogens is 436 g/mol. The van der Waals surface area contributed by atoms with E-state index in [-0.39, 0.29) is 44.0 Å². The van der Waals surface area contributed by atoms with Crippen LogP contribution in [-0.2, 0) is 0 Å². The Kier molecular flexibility index (Phi) is 5.39. The van der Waals surface area contributed by atoms with E-state index >= 15 is 0 Å². The highest BCUT2D eigenvalue weighted by Gasteiger charge is 2.15. The molecule has 0 atom stereocenters. The van der Waals surface area contributed by atoms with Crippen molar-refractivity contribution < 1.29 is 23.1 Å². The van der Waals surface area contributed by atoms with Crippen molar-refractivity contribution in [3.63, 3.8) is 0 Å². The van der Waals surface area contributed by atoms with Gasteiger partial charge in [-0.05, 0) is 30.3 Å². The van der Waals surface area contributed by atoms with Gasteiger partial charge in [0.15, 0.2) is 11.6 Å². The van der Waals surface area contributed by atoms with Crippen molar-refractivity contribution in [2.45, 2.75) is 0 Å². The number of carbonyl (C=O) groups is 1. The molecule has 0 aliphatic rings. The molecule has 4 rings (SSSR count). The topological polar surface area (TPSA) is 78.6 Å². The van der Waals surface area contributed by atoms with Crippen molar-refractivity contribution in [3.8, 4) is 17.2 Å². The zero-order valence-electron chi connectivity index (χ0n) is 14.9. The first kappa shape index (κ1) is 19.9. The summed E-state index contributed by atoms with van der Waals surface area (Å²) in [4.78, 5) is 28.7. The molecule has 0 spiro atoms. The minimum absolute atomic E-state index is 0.0640. The van der Waals surface area contributed by atoms with Crippen LogP contribution in [0.25, 0.3) is 11.0 Å². The minimum Gasteiger partial charge on any atom is -0.460 e. The van der Waals surface area contributed by atoms with Gasteiger partial charge in [-0.25, -0.2) is 14.2 Å². The monoisotopic (exact) mass is 445 g/mol. The average Bonchev–Trinajstić information content (AvgIpc) is 2.73. The minimum atomic E-state index is -0.720. The summed E-state index contributed by atoms with van der Waals surface area (Å²) in [5, 5.41) is 0.340. The third-order valence-corrected chi connectivity index (χ3v) is 4.70. The van der Waals surface area contributed by atoms with Crippen LogP contribution in [0.15, 0.2) is 70.2 Å². The number of hydrogen-bond acceptors (Lipinski definition) is 6. The van der Waals surface area contributed by atoms with Gasteiger partial charge in [-0.1, -0.05) is 35.3 Å². The number of ether oxygens (including phenoxy) is 2. The van der Waals surface area contributed by atoms with Gasteiger partial charge in [-0.3, -0.25) is 4.79 Å². The van der Waals surface area contributed by atoms with E-state index in [0.29, 0.717) is 0 Å². The van der Waals surface area contributed by atoms with E-state index in [1.54, 1.807) is 6.07 Å². The Bertz CT molecular complexity index is 1340. The highest BCUT2D eigenvalue weighted by Crippen LogP contribution is 2.26. The normalized spacial score (nSPS) is 10.8. The van der Waals surface area contributed by atoms with Gasteiger partial charge in [-0.15, -0.1) is 0 Å². The van der Waals surface area contributed by atoms with Crippen LogP contribution in [-0.4, -0.2) is 11.0 Å². The Morgan fingerprint density at radius 2 is 1.87 bits per heavy atom. The first-order valence-electron chi connectivity index (χ1n) is 8.43. The number of pyridine rings is 1. The van der Waals surface area contributed by atoms with Crippen molar-refractivity contribution in [1.29, 1.82) is 0 Å². The molecule has 2 aromatic heterocycles. The largest absolute Gasteiger partial charge is 0.460 e. The van der Waals surface area contributed by atoms with Gasteiger partial charge < -0.3 is 13.9 Å². The molecule has 0 saturated carbocycles. The summed E-state index contributed by atoms with van der Waals surface area (Å²) in [5.41, 5.74) is -0.260. The van der Waals surface area contributed by atoms with Gasteiger partial charge in [0, 0.05) is 12.3 Å². The number of para-hydroxylation sites is 1. The first-order chi connectivity index (χ1) is 14.4. The van der Waals surface area contributed by atoms with Crippen LogP contribution < -0.4 is 14.9 Å². The van der Waals surface area contributed by atoms with Gasteiger partial charge in [0.1, 0.15) is 22.7 Å². The summed E-state index contributed by atoms with van der Waals surface area (Å²) in [5.74, 6) is -1.49.